The van der Waals surface area contributed by atoms with Gasteiger partial charge in [0, 0.05) is 67.4 Å². The number of phenols is 2. The highest BCUT2D eigenvalue weighted by atomic mass is 32.1. The number of nitrogens with zero attached hydrogens (tertiary/aromatic N) is 1. The minimum Gasteiger partial charge on any atom is -0.508 e. The molecular formula is C72H86N14O21S. The molecule has 4 aromatic carbocycles. The fraction of sp³-hybridized carbons (Fsp3) is 0.417. The number of thiocarbonyl (C=S) groups is 1. The lowest BCUT2D eigenvalue weighted by Gasteiger charge is -2.36. The molecule has 35 nitrogen and oxygen atoms in total. The number of hydrogen-bond acceptors (Lipinski definition) is 20. The second-order valence-electron chi connectivity index (χ2n) is 26.7. The highest BCUT2D eigenvalue weighted by Crippen LogP contribution is 2.57. The SMILES string of the molecule is CC(=O)N[C@H](C(=O)N1CCC[C@H]1C(=O)N[C@H]1C/C=C/C[C@@H](C(=O)N[C@@H](CC(=O)O)C(=O)N[C@@H](C)C(=O)N[C@@H](CC(=O)O)C(=O)N[C@@H](CCCCNC(=S)Nc2ccc3c(c2)C(=O)OC32c3ccc(O)cc3Oc3cc(O)ccc32)C(N)=O)NC(=O)[C@H](Cc2ccccc2)NC(=O)[C@H](CCC(N)=O)NC1=O)C(C)C. The van der Waals surface area contributed by atoms with E-state index in [4.69, 9.17) is 33.2 Å². The molecule has 4 aliphatic heterocycles. The molecule has 1 saturated heterocycles. The Kier molecular flexibility index (Phi) is 27.6. The standard InChI is InChI=1S/C72H86N14O21S/c1-35(2)59(77-37(4)87)69(104)86-28-12-18-53(86)68(103)82-48-17-9-8-16-47(80-66(101)50(29-38-13-6-5-7-14-38)84-64(99)49(81-62(48)97)25-26-56(73)90)63(98)85-51(33-57(91)92)65(100)76-36(3)61(96)83-52(34-58(93)94)67(102)79-46(60(74)95)15-10-11-27-75-71(108)78-39-19-22-43-42(30-39)70(105)107-72(43)44-23-20-40(88)31-54(44)106-55-32-41(89)21-24-45(55)72/h5-9,13-14,19-24,30-32,35-36,46-53,59,88-89H,10-12,15-18,25-29,33-34H2,1-4H3,(H2,73,90)(H2,74,95)(H,76,100)(H,77,87)(H,79,102)(H,80,101)(H,81,97)(H,82,103)(H,83,96)(H,84,99)(H,85,98)(H,91,92)(H,93,94)(H2,75,78,108)/b9-8+/t36-,46-,47-,48-,49-,50-,51-,52-,53-,59-/m0/s1. The molecule has 0 unspecified atom stereocenters. The molecule has 1 spiro atoms. The second-order valence-corrected chi connectivity index (χ2v) is 27.1. The Balaban J connectivity index is 0.897. The number of amides is 12. The van der Waals surface area contributed by atoms with Gasteiger partial charge in [0.05, 0.1) is 18.4 Å². The van der Waals surface area contributed by atoms with Crippen LogP contribution in [-0.2, 0) is 83.9 Å². The summed E-state index contributed by atoms with van der Waals surface area (Å²) in [6, 6.07) is 6.22. The molecule has 0 aromatic heterocycles. The summed E-state index contributed by atoms with van der Waals surface area (Å²) in [6.07, 6.45) is -0.517. The van der Waals surface area contributed by atoms with Crippen molar-refractivity contribution in [2.75, 3.05) is 18.4 Å². The van der Waals surface area contributed by atoms with Crippen LogP contribution in [0.25, 0.3) is 0 Å². The van der Waals surface area contributed by atoms with Crippen LogP contribution in [-0.4, -0.2) is 193 Å². The molecule has 36 heteroatoms. The van der Waals surface area contributed by atoms with Crippen molar-refractivity contribution in [1.29, 1.82) is 0 Å². The zero-order chi connectivity index (χ0) is 78.8. The van der Waals surface area contributed by atoms with E-state index in [9.17, 15) is 92.3 Å². The van der Waals surface area contributed by atoms with Gasteiger partial charge in [0.2, 0.25) is 70.9 Å². The number of aromatic hydroxyl groups is 2. The van der Waals surface area contributed by atoms with E-state index in [1.165, 1.54) is 54.3 Å². The first-order valence-electron chi connectivity index (χ1n) is 34.7. The van der Waals surface area contributed by atoms with E-state index in [1.807, 2.05) is 0 Å². The maximum absolute atomic E-state index is 14.5. The largest absolute Gasteiger partial charge is 0.508 e. The predicted molar refractivity (Wildman–Crippen MR) is 385 cm³/mol. The van der Waals surface area contributed by atoms with Crippen molar-refractivity contribution in [3.63, 3.8) is 0 Å². The third kappa shape index (κ3) is 21.1. The second kappa shape index (κ2) is 36.7. The van der Waals surface area contributed by atoms with Crippen LogP contribution in [0.5, 0.6) is 23.0 Å². The molecule has 12 amide bonds. The average Bonchev–Trinajstić information content (AvgIpc) is 1.49. The summed E-state index contributed by atoms with van der Waals surface area (Å²) in [5.74, 6) is -15.7. The normalized spacial score (nSPS) is 19.6. The van der Waals surface area contributed by atoms with E-state index in [0.29, 0.717) is 40.8 Å². The van der Waals surface area contributed by atoms with Gasteiger partial charge < -0.3 is 105 Å². The fourth-order valence-corrected chi connectivity index (χ4v) is 13.0. The number of anilines is 1. The lowest BCUT2D eigenvalue weighted by Crippen LogP contribution is -2.61. The number of carbonyl (C=O) groups excluding carboxylic acids is 13. The van der Waals surface area contributed by atoms with Crippen molar-refractivity contribution >= 4 is 112 Å². The van der Waals surface area contributed by atoms with E-state index in [-0.39, 0.29) is 84.8 Å². The molecule has 10 atom stereocenters. The lowest BCUT2D eigenvalue weighted by atomic mass is 9.77. The molecule has 0 bridgehead atoms. The summed E-state index contributed by atoms with van der Waals surface area (Å²) >= 11 is 5.52. The zero-order valence-corrected chi connectivity index (χ0v) is 60.0. The number of unbranched alkanes of at least 4 members (excludes halogenated alkanes) is 1. The summed E-state index contributed by atoms with van der Waals surface area (Å²) < 4.78 is 12.1. The number of carbonyl (C=O) groups is 15. The first-order valence-corrected chi connectivity index (χ1v) is 35.1. The minimum absolute atomic E-state index is 0.0937. The Labute approximate surface area is 623 Å². The van der Waals surface area contributed by atoms with Crippen molar-refractivity contribution in [2.24, 2.45) is 17.4 Å². The Morgan fingerprint density at radius 2 is 1.28 bits per heavy atom. The highest BCUT2D eigenvalue weighted by molar-refractivity contribution is 7.80. The number of esters is 1. The van der Waals surface area contributed by atoms with Crippen molar-refractivity contribution in [3.8, 4) is 23.0 Å². The number of likely N-dealkylation sites (tertiary alicyclic amines) is 1. The molecule has 108 heavy (non-hydrogen) atoms. The van der Waals surface area contributed by atoms with Crippen LogP contribution in [0.1, 0.15) is 131 Å². The van der Waals surface area contributed by atoms with Crippen molar-refractivity contribution in [2.45, 2.75) is 171 Å². The predicted octanol–water partition coefficient (Wildman–Crippen LogP) is -0.535. The molecule has 576 valence electrons. The number of benzene rings is 4. The lowest BCUT2D eigenvalue weighted by molar-refractivity contribution is -0.143. The molecule has 0 saturated carbocycles. The fourth-order valence-electron chi connectivity index (χ4n) is 12.7. The molecule has 4 aromatic rings. The van der Waals surface area contributed by atoms with Crippen LogP contribution in [0.4, 0.5) is 5.69 Å². The third-order valence-corrected chi connectivity index (χ3v) is 18.5. The summed E-state index contributed by atoms with van der Waals surface area (Å²) in [5, 5.41) is 68.4. The third-order valence-electron chi connectivity index (χ3n) is 18.2. The van der Waals surface area contributed by atoms with Crippen LogP contribution in [0.2, 0.25) is 0 Å². The average molecular weight is 1520 g/mol. The Bertz CT molecular complexity index is 4160. The molecule has 19 N–H and O–H groups in total. The van der Waals surface area contributed by atoms with Gasteiger partial charge in [0.1, 0.15) is 83.4 Å². The van der Waals surface area contributed by atoms with Gasteiger partial charge >= 0.3 is 17.9 Å². The summed E-state index contributed by atoms with van der Waals surface area (Å²) in [4.78, 5) is 203. The number of aliphatic carboxylic acids is 2. The molecule has 8 rings (SSSR count). The molecule has 0 aliphatic carbocycles. The number of hydrogen-bond donors (Lipinski definition) is 17. The molecule has 1 fully saturated rings. The van der Waals surface area contributed by atoms with Gasteiger partial charge in [-0.2, -0.15) is 0 Å². The maximum Gasteiger partial charge on any atom is 0.340 e. The molecule has 4 heterocycles. The first-order chi connectivity index (χ1) is 51.2. The van der Waals surface area contributed by atoms with Gasteiger partial charge in [0.15, 0.2) is 10.7 Å². The van der Waals surface area contributed by atoms with E-state index < -0.39 is 187 Å². The molecular weight excluding hydrogens is 1430 g/mol. The maximum atomic E-state index is 14.5. The number of carboxylic acids is 2. The number of primary amides is 2. The molecule has 0 radical (unpaired) electrons. The Hall–Kier alpha value is -12.2. The smallest absolute Gasteiger partial charge is 0.340 e. The van der Waals surface area contributed by atoms with Crippen LogP contribution < -0.4 is 74.7 Å². The number of nitrogens with two attached hydrogens (primary N) is 2. The van der Waals surface area contributed by atoms with Gasteiger partial charge in [-0.1, -0.05) is 62.4 Å². The van der Waals surface area contributed by atoms with Crippen molar-refractivity contribution in [3.05, 3.63) is 125 Å². The van der Waals surface area contributed by atoms with E-state index in [2.05, 4.69) is 58.5 Å². The van der Waals surface area contributed by atoms with Crippen molar-refractivity contribution in [1.82, 2.24) is 58.1 Å². The van der Waals surface area contributed by atoms with Gasteiger partial charge in [-0.3, -0.25) is 67.1 Å². The van der Waals surface area contributed by atoms with E-state index >= 15 is 0 Å². The number of nitrogens with one attached hydrogen (secondary N) is 11. The van der Waals surface area contributed by atoms with E-state index in [0.717, 1.165) is 6.92 Å². The number of fused-ring (bicyclic) bond motifs is 6. The first kappa shape index (κ1) is 81.4. The van der Waals surface area contributed by atoms with Crippen LogP contribution in [0.3, 0.4) is 0 Å². The minimum atomic E-state index is -2.03. The quantitative estimate of drug-likeness (QED) is 0.0141. The van der Waals surface area contributed by atoms with Gasteiger partial charge in [0.25, 0.3) is 0 Å². The zero-order valence-electron chi connectivity index (χ0n) is 59.2. The number of phenolic OH excluding ortho intramolecular Hbond substituents is 2. The summed E-state index contributed by atoms with van der Waals surface area (Å²) in [7, 11) is 0. The summed E-state index contributed by atoms with van der Waals surface area (Å²) in [6.45, 7) is 6.06. The monoisotopic (exact) mass is 1510 g/mol. The Morgan fingerprint density at radius 3 is 1.90 bits per heavy atom. The highest BCUT2D eigenvalue weighted by Gasteiger charge is 2.54. The topological polar surface area (TPSA) is 543 Å². The number of carboxylic acid groups (broad SMARTS) is 2. The van der Waals surface area contributed by atoms with Crippen molar-refractivity contribution < 1.29 is 102 Å². The number of rotatable bonds is 29. The summed E-state index contributed by atoms with van der Waals surface area (Å²) in [5.41, 5.74) is 12.0. The van der Waals surface area contributed by atoms with Gasteiger partial charge in [-0.05, 0) is 118 Å². The Morgan fingerprint density at radius 1 is 0.676 bits per heavy atom. The molecule has 4 aliphatic rings. The van der Waals surface area contributed by atoms with Crippen LogP contribution in [0.15, 0.2) is 97.1 Å². The van der Waals surface area contributed by atoms with Crippen LogP contribution >= 0.6 is 12.2 Å². The van der Waals surface area contributed by atoms with Gasteiger partial charge in [-0.15, -0.1) is 0 Å². The van der Waals surface area contributed by atoms with Gasteiger partial charge in [-0.25, -0.2) is 4.79 Å². The number of ether oxygens (including phenoxy) is 2. The van der Waals surface area contributed by atoms with E-state index in [1.54, 1.807) is 68.4 Å². The van der Waals surface area contributed by atoms with Crippen LogP contribution in [0, 0.1) is 5.92 Å².